The summed E-state index contributed by atoms with van der Waals surface area (Å²) in [6.45, 7) is 11.8. The van der Waals surface area contributed by atoms with Gasteiger partial charge in [-0.05, 0) is 34.1 Å². The predicted octanol–water partition coefficient (Wildman–Crippen LogP) is 0.952. The van der Waals surface area contributed by atoms with Crippen LogP contribution in [-0.2, 0) is 4.79 Å². The van der Waals surface area contributed by atoms with Crippen LogP contribution in [0.5, 0.6) is 0 Å². The maximum absolute atomic E-state index is 11.5. The summed E-state index contributed by atoms with van der Waals surface area (Å²) in [5.74, 6) is -0.146. The molecule has 0 aromatic rings. The van der Waals surface area contributed by atoms with Crippen molar-refractivity contribution in [2.45, 2.75) is 64.7 Å². The Bertz CT molecular complexity index is 329. The third-order valence-corrected chi connectivity index (χ3v) is 5.14. The zero-order chi connectivity index (χ0) is 13.5. The van der Waals surface area contributed by atoms with Crippen LogP contribution in [0.3, 0.4) is 0 Å². The molecule has 1 unspecified atom stereocenters. The number of piperidine rings is 2. The molecule has 0 saturated carbocycles. The molecule has 2 N–H and O–H groups in total. The fraction of sp³-hybridized carbons (Fsp3) is 0.929. The second-order valence-electron chi connectivity index (χ2n) is 6.68. The first-order valence-corrected chi connectivity index (χ1v) is 7.27. The van der Waals surface area contributed by atoms with Gasteiger partial charge < -0.3 is 10.2 Å². The lowest BCUT2D eigenvalue weighted by Gasteiger charge is -2.60. The minimum atomic E-state index is -0.146. The molecule has 1 amide bonds. The van der Waals surface area contributed by atoms with Gasteiger partial charge in [0.25, 0.3) is 5.91 Å². The number of piperazine rings is 1. The van der Waals surface area contributed by atoms with Gasteiger partial charge >= 0.3 is 0 Å². The Morgan fingerprint density at radius 1 is 1.33 bits per heavy atom. The molecule has 2 bridgehead atoms. The molecular weight excluding hydrogens is 226 g/mol. The van der Waals surface area contributed by atoms with E-state index in [1.165, 1.54) is 12.8 Å². The van der Waals surface area contributed by atoms with E-state index < -0.39 is 0 Å². The Balaban J connectivity index is 2.23. The minimum absolute atomic E-state index is 0.146. The Morgan fingerprint density at radius 3 is 2.39 bits per heavy atom. The van der Waals surface area contributed by atoms with Gasteiger partial charge in [0.1, 0.15) is 6.04 Å². The largest absolute Gasteiger partial charge is 0.365 e. The van der Waals surface area contributed by atoms with E-state index in [2.05, 4.69) is 32.6 Å². The molecule has 3 rings (SSSR count). The Labute approximate surface area is 111 Å². The SMILES string of the molecule is CC(C)N1C[C@@H]2CC[C@H]1C[N+]2(CC(N)=O)C(C)C. The van der Waals surface area contributed by atoms with E-state index in [9.17, 15) is 4.79 Å². The summed E-state index contributed by atoms with van der Waals surface area (Å²) in [7, 11) is 0. The van der Waals surface area contributed by atoms with Gasteiger partial charge in [0.15, 0.2) is 6.54 Å². The van der Waals surface area contributed by atoms with Crippen molar-refractivity contribution < 1.29 is 9.28 Å². The third-order valence-electron chi connectivity index (χ3n) is 5.14. The third kappa shape index (κ3) is 2.16. The van der Waals surface area contributed by atoms with Crippen LogP contribution in [0.4, 0.5) is 0 Å². The van der Waals surface area contributed by atoms with E-state index in [4.69, 9.17) is 5.73 Å². The summed E-state index contributed by atoms with van der Waals surface area (Å²) < 4.78 is 0.920. The van der Waals surface area contributed by atoms with Crippen molar-refractivity contribution in [3.63, 3.8) is 0 Å². The molecule has 0 radical (unpaired) electrons. The fourth-order valence-corrected chi connectivity index (χ4v) is 4.12. The van der Waals surface area contributed by atoms with Crippen molar-refractivity contribution in [2.75, 3.05) is 19.6 Å². The van der Waals surface area contributed by atoms with Crippen molar-refractivity contribution in [1.29, 1.82) is 0 Å². The van der Waals surface area contributed by atoms with Gasteiger partial charge in [-0.2, -0.15) is 0 Å². The topological polar surface area (TPSA) is 46.3 Å². The lowest BCUT2D eigenvalue weighted by atomic mass is 9.85. The highest BCUT2D eigenvalue weighted by molar-refractivity contribution is 5.75. The number of carbonyl (C=O) groups is 1. The van der Waals surface area contributed by atoms with Gasteiger partial charge in [0.05, 0.1) is 25.2 Å². The second kappa shape index (κ2) is 4.82. The van der Waals surface area contributed by atoms with E-state index >= 15 is 0 Å². The molecule has 3 heterocycles. The quantitative estimate of drug-likeness (QED) is 0.759. The molecule has 3 atom stereocenters. The highest BCUT2D eigenvalue weighted by Gasteiger charge is 2.52. The highest BCUT2D eigenvalue weighted by Crippen LogP contribution is 2.37. The number of amides is 1. The number of carbonyl (C=O) groups excluding carboxylic acids is 1. The van der Waals surface area contributed by atoms with Gasteiger partial charge in [-0.3, -0.25) is 9.69 Å². The number of nitrogens with two attached hydrogens (primary N) is 1. The second-order valence-corrected chi connectivity index (χ2v) is 6.68. The van der Waals surface area contributed by atoms with Gasteiger partial charge in [-0.25, -0.2) is 0 Å². The highest BCUT2D eigenvalue weighted by atomic mass is 16.1. The van der Waals surface area contributed by atoms with Crippen LogP contribution in [0.1, 0.15) is 40.5 Å². The van der Waals surface area contributed by atoms with E-state index in [0.29, 0.717) is 30.7 Å². The van der Waals surface area contributed by atoms with Crippen molar-refractivity contribution in [1.82, 2.24) is 4.90 Å². The van der Waals surface area contributed by atoms with E-state index in [1.54, 1.807) is 0 Å². The lowest BCUT2D eigenvalue weighted by molar-refractivity contribution is -0.975. The average molecular weight is 254 g/mol. The standard InChI is InChI=1S/C14H27N3O/c1-10(2)16-7-13-6-5-12(16)8-17(13,11(3)4)9-14(15)18/h10-13H,5-9H2,1-4H3,(H-,15,18)/p+1/t12-,13-,17?/m0/s1. The molecular formula is C14H28N3O+. The molecule has 3 aliphatic rings. The van der Waals surface area contributed by atoms with Gasteiger partial charge in [0.2, 0.25) is 0 Å². The van der Waals surface area contributed by atoms with Crippen LogP contribution in [-0.4, -0.2) is 59.1 Å². The maximum Gasteiger partial charge on any atom is 0.272 e. The summed E-state index contributed by atoms with van der Waals surface area (Å²) in [5.41, 5.74) is 5.50. The lowest BCUT2D eigenvalue weighted by Crippen LogP contribution is -2.76. The summed E-state index contributed by atoms with van der Waals surface area (Å²) in [5, 5.41) is 0. The number of primary amides is 1. The smallest absolute Gasteiger partial charge is 0.272 e. The molecule has 3 saturated heterocycles. The van der Waals surface area contributed by atoms with Crippen molar-refractivity contribution in [2.24, 2.45) is 5.73 Å². The van der Waals surface area contributed by atoms with Crippen LogP contribution in [0.25, 0.3) is 0 Å². The first kappa shape index (κ1) is 13.8. The van der Waals surface area contributed by atoms with Crippen LogP contribution < -0.4 is 5.73 Å². The van der Waals surface area contributed by atoms with Gasteiger partial charge in [-0.1, -0.05) is 0 Å². The number of quaternary nitrogens is 1. The van der Waals surface area contributed by atoms with E-state index in [1.807, 2.05) is 0 Å². The predicted molar refractivity (Wildman–Crippen MR) is 73.0 cm³/mol. The maximum atomic E-state index is 11.5. The molecule has 0 spiro atoms. The molecule has 3 fully saturated rings. The number of hydrogen-bond acceptors (Lipinski definition) is 2. The van der Waals surface area contributed by atoms with Crippen LogP contribution in [0.2, 0.25) is 0 Å². The number of rotatable bonds is 4. The van der Waals surface area contributed by atoms with Crippen LogP contribution in [0, 0.1) is 0 Å². The summed E-state index contributed by atoms with van der Waals surface area (Å²) in [6.07, 6.45) is 2.54. The molecule has 4 heteroatoms. The van der Waals surface area contributed by atoms with Gasteiger partial charge in [0, 0.05) is 12.5 Å². The monoisotopic (exact) mass is 254 g/mol. The summed E-state index contributed by atoms with van der Waals surface area (Å²) in [4.78, 5) is 14.1. The van der Waals surface area contributed by atoms with Crippen molar-refractivity contribution >= 4 is 5.91 Å². The summed E-state index contributed by atoms with van der Waals surface area (Å²) >= 11 is 0. The molecule has 0 aromatic carbocycles. The van der Waals surface area contributed by atoms with Crippen LogP contribution in [0.15, 0.2) is 0 Å². The zero-order valence-corrected chi connectivity index (χ0v) is 12.2. The Hall–Kier alpha value is -0.610. The minimum Gasteiger partial charge on any atom is -0.365 e. The molecule has 0 aliphatic carbocycles. The average Bonchev–Trinajstić information content (AvgIpc) is 2.28. The molecule has 4 nitrogen and oxygen atoms in total. The van der Waals surface area contributed by atoms with Crippen molar-refractivity contribution in [3.05, 3.63) is 0 Å². The molecule has 104 valence electrons. The fourth-order valence-electron chi connectivity index (χ4n) is 4.12. The van der Waals surface area contributed by atoms with E-state index in [-0.39, 0.29) is 5.91 Å². The number of nitrogens with zero attached hydrogens (tertiary/aromatic N) is 2. The summed E-state index contributed by atoms with van der Waals surface area (Å²) in [6, 6.07) is 2.32. The Kier molecular flexibility index (Phi) is 3.70. The Morgan fingerprint density at radius 2 is 2.00 bits per heavy atom. The first-order valence-electron chi connectivity index (χ1n) is 7.27. The normalized spacial score (nSPS) is 36.6. The molecule has 3 aliphatic heterocycles. The number of fused-ring (bicyclic) bond motifs is 3. The first-order chi connectivity index (χ1) is 8.36. The molecule has 18 heavy (non-hydrogen) atoms. The van der Waals surface area contributed by atoms with E-state index in [0.717, 1.165) is 17.6 Å². The van der Waals surface area contributed by atoms with Crippen molar-refractivity contribution in [3.8, 4) is 0 Å². The van der Waals surface area contributed by atoms with Crippen LogP contribution >= 0.6 is 0 Å². The zero-order valence-electron chi connectivity index (χ0n) is 12.2. The molecule has 0 aromatic heterocycles. The number of hydrogen-bond donors (Lipinski definition) is 1. The van der Waals surface area contributed by atoms with Gasteiger partial charge in [-0.15, -0.1) is 0 Å².